The Hall–Kier alpha value is -1.20. The van der Waals surface area contributed by atoms with E-state index in [1.165, 1.54) is 12.8 Å². The summed E-state index contributed by atoms with van der Waals surface area (Å²) in [6, 6.07) is 0.985. The highest BCUT2D eigenvalue weighted by Gasteiger charge is 2.30. The van der Waals surface area contributed by atoms with Crippen LogP contribution < -0.4 is 10.2 Å². The summed E-state index contributed by atoms with van der Waals surface area (Å²) in [6.07, 6.45) is 6.09. The van der Waals surface area contributed by atoms with Crippen molar-refractivity contribution >= 4 is 5.95 Å². The van der Waals surface area contributed by atoms with Crippen LogP contribution in [0.2, 0.25) is 0 Å². The van der Waals surface area contributed by atoms with E-state index in [9.17, 15) is 0 Å². The Kier molecular flexibility index (Phi) is 4.49. The fourth-order valence-corrected chi connectivity index (χ4v) is 1.85. The number of aliphatic hydroxyl groups is 1. The van der Waals surface area contributed by atoms with Crippen LogP contribution in [-0.2, 0) is 6.54 Å². The highest BCUT2D eigenvalue weighted by Crippen LogP contribution is 2.29. The van der Waals surface area contributed by atoms with Gasteiger partial charge in [0.05, 0.1) is 6.61 Å². The Morgan fingerprint density at radius 2 is 2.06 bits per heavy atom. The van der Waals surface area contributed by atoms with Gasteiger partial charge >= 0.3 is 0 Å². The van der Waals surface area contributed by atoms with Gasteiger partial charge in [0.15, 0.2) is 0 Å². The van der Waals surface area contributed by atoms with Gasteiger partial charge in [-0.1, -0.05) is 13.8 Å². The van der Waals surface area contributed by atoms with E-state index in [4.69, 9.17) is 5.11 Å². The van der Waals surface area contributed by atoms with Gasteiger partial charge in [0.2, 0.25) is 5.95 Å². The summed E-state index contributed by atoms with van der Waals surface area (Å²) in [5, 5.41) is 12.4. The van der Waals surface area contributed by atoms with Crippen molar-refractivity contribution in [3.8, 4) is 0 Å². The molecule has 0 aromatic carbocycles. The Bertz CT molecular complexity index is 362. The summed E-state index contributed by atoms with van der Waals surface area (Å²) in [6.45, 7) is 5.79. The van der Waals surface area contributed by atoms with Crippen molar-refractivity contribution in [3.05, 3.63) is 18.0 Å². The summed E-state index contributed by atoms with van der Waals surface area (Å²) in [7, 11) is 0. The van der Waals surface area contributed by atoms with Gasteiger partial charge in [-0.3, -0.25) is 0 Å². The van der Waals surface area contributed by atoms with Crippen molar-refractivity contribution in [3.63, 3.8) is 0 Å². The van der Waals surface area contributed by atoms with E-state index >= 15 is 0 Å². The highest BCUT2D eigenvalue weighted by atomic mass is 16.3. The van der Waals surface area contributed by atoms with Crippen molar-refractivity contribution in [2.24, 2.45) is 0 Å². The van der Waals surface area contributed by atoms with Gasteiger partial charge in [0.25, 0.3) is 0 Å². The molecule has 1 heterocycles. The van der Waals surface area contributed by atoms with Crippen LogP contribution in [-0.4, -0.2) is 40.3 Å². The summed E-state index contributed by atoms with van der Waals surface area (Å²) in [4.78, 5) is 10.9. The van der Waals surface area contributed by atoms with E-state index in [-0.39, 0.29) is 6.61 Å². The molecule has 0 aliphatic heterocycles. The molecular formula is C13H22N4O. The van der Waals surface area contributed by atoms with E-state index in [1.54, 1.807) is 0 Å². The second kappa shape index (κ2) is 6.11. The first-order valence-corrected chi connectivity index (χ1v) is 6.62. The molecule has 2 N–H and O–H groups in total. The van der Waals surface area contributed by atoms with E-state index in [1.807, 2.05) is 12.4 Å². The first kappa shape index (κ1) is 13.2. The third kappa shape index (κ3) is 3.65. The number of hydrogen-bond acceptors (Lipinski definition) is 5. The molecule has 1 aliphatic carbocycles. The van der Waals surface area contributed by atoms with E-state index < -0.39 is 0 Å². The van der Waals surface area contributed by atoms with Gasteiger partial charge in [0, 0.05) is 43.1 Å². The average molecular weight is 250 g/mol. The van der Waals surface area contributed by atoms with Crippen LogP contribution in [0.3, 0.4) is 0 Å². The minimum atomic E-state index is 0.149. The van der Waals surface area contributed by atoms with Crippen LogP contribution >= 0.6 is 0 Å². The maximum Gasteiger partial charge on any atom is 0.225 e. The highest BCUT2D eigenvalue weighted by molar-refractivity contribution is 5.34. The van der Waals surface area contributed by atoms with Crippen LogP contribution in [0.15, 0.2) is 12.4 Å². The fourth-order valence-electron chi connectivity index (χ4n) is 1.85. The molecule has 0 saturated heterocycles. The third-order valence-corrected chi connectivity index (χ3v) is 2.99. The normalized spacial score (nSPS) is 15.1. The third-order valence-electron chi connectivity index (χ3n) is 2.99. The lowest BCUT2D eigenvalue weighted by atomic mass is 10.3. The summed E-state index contributed by atoms with van der Waals surface area (Å²) in [5.41, 5.74) is 1.09. The molecule has 18 heavy (non-hydrogen) atoms. The number of anilines is 1. The van der Waals surface area contributed by atoms with Crippen LogP contribution in [0.5, 0.6) is 0 Å². The molecule has 1 aliphatic rings. The molecular weight excluding hydrogens is 228 g/mol. The van der Waals surface area contributed by atoms with Crippen molar-refractivity contribution in [1.29, 1.82) is 0 Å². The van der Waals surface area contributed by atoms with E-state index in [2.05, 4.69) is 34.0 Å². The standard InChI is InChI=1S/C13H22N4O/c1-10(2)14-7-11-8-15-13(16-9-11)17(5-6-18)12-3-4-12/h8-10,12,14,18H,3-7H2,1-2H3. The lowest BCUT2D eigenvalue weighted by molar-refractivity contribution is 0.300. The van der Waals surface area contributed by atoms with Gasteiger partial charge < -0.3 is 15.3 Å². The Balaban J connectivity index is 1.96. The molecule has 1 aromatic rings. The first-order chi connectivity index (χ1) is 8.70. The molecule has 0 amide bonds. The van der Waals surface area contributed by atoms with Crippen molar-refractivity contribution in [2.45, 2.75) is 45.3 Å². The van der Waals surface area contributed by atoms with Gasteiger partial charge in [0.1, 0.15) is 0 Å². The molecule has 0 atom stereocenters. The maximum atomic E-state index is 9.07. The molecule has 1 fully saturated rings. The predicted octanol–water partition coefficient (Wildman–Crippen LogP) is 0.936. The lowest BCUT2D eigenvalue weighted by Gasteiger charge is -2.21. The number of hydrogen-bond donors (Lipinski definition) is 2. The summed E-state index contributed by atoms with van der Waals surface area (Å²) < 4.78 is 0. The van der Waals surface area contributed by atoms with Crippen molar-refractivity contribution in [2.75, 3.05) is 18.1 Å². The molecule has 5 nitrogen and oxygen atoms in total. The number of rotatable bonds is 7. The average Bonchev–Trinajstić information content (AvgIpc) is 3.18. The Labute approximate surface area is 108 Å². The van der Waals surface area contributed by atoms with E-state index in [0.717, 1.165) is 18.1 Å². The van der Waals surface area contributed by atoms with Crippen molar-refractivity contribution < 1.29 is 5.11 Å². The van der Waals surface area contributed by atoms with Gasteiger partial charge in [-0.2, -0.15) is 0 Å². The molecule has 2 rings (SSSR count). The predicted molar refractivity (Wildman–Crippen MR) is 71.5 cm³/mol. The van der Waals surface area contributed by atoms with Crippen LogP contribution in [0.4, 0.5) is 5.95 Å². The quantitative estimate of drug-likeness (QED) is 0.754. The van der Waals surface area contributed by atoms with E-state index in [0.29, 0.717) is 18.6 Å². The monoisotopic (exact) mass is 250 g/mol. The number of aliphatic hydroxyl groups excluding tert-OH is 1. The first-order valence-electron chi connectivity index (χ1n) is 6.62. The Morgan fingerprint density at radius 1 is 1.39 bits per heavy atom. The van der Waals surface area contributed by atoms with Crippen LogP contribution in [0.25, 0.3) is 0 Å². The number of nitrogens with one attached hydrogen (secondary N) is 1. The molecule has 0 radical (unpaired) electrons. The maximum absolute atomic E-state index is 9.07. The molecule has 100 valence electrons. The Morgan fingerprint density at radius 3 is 2.56 bits per heavy atom. The topological polar surface area (TPSA) is 61.3 Å². The molecule has 1 aromatic heterocycles. The lowest BCUT2D eigenvalue weighted by Crippen LogP contribution is -2.30. The zero-order chi connectivity index (χ0) is 13.0. The van der Waals surface area contributed by atoms with Gasteiger partial charge in [-0.05, 0) is 12.8 Å². The summed E-state index contributed by atoms with van der Waals surface area (Å²) in [5.74, 6) is 0.736. The molecule has 0 bridgehead atoms. The fraction of sp³-hybridized carbons (Fsp3) is 0.692. The van der Waals surface area contributed by atoms with Crippen LogP contribution in [0.1, 0.15) is 32.3 Å². The zero-order valence-electron chi connectivity index (χ0n) is 11.1. The molecule has 5 heteroatoms. The minimum absolute atomic E-state index is 0.149. The number of aromatic nitrogens is 2. The smallest absolute Gasteiger partial charge is 0.225 e. The molecule has 0 spiro atoms. The number of nitrogens with zero attached hydrogens (tertiary/aromatic N) is 3. The van der Waals surface area contributed by atoms with Crippen molar-refractivity contribution in [1.82, 2.24) is 15.3 Å². The second-order valence-electron chi connectivity index (χ2n) is 5.08. The van der Waals surface area contributed by atoms with Gasteiger partial charge in [-0.25, -0.2) is 9.97 Å². The zero-order valence-corrected chi connectivity index (χ0v) is 11.1. The second-order valence-corrected chi connectivity index (χ2v) is 5.08. The van der Waals surface area contributed by atoms with Crippen LogP contribution in [0, 0.1) is 0 Å². The van der Waals surface area contributed by atoms with Gasteiger partial charge in [-0.15, -0.1) is 0 Å². The molecule has 1 saturated carbocycles. The molecule has 0 unspecified atom stereocenters. The largest absolute Gasteiger partial charge is 0.395 e. The minimum Gasteiger partial charge on any atom is -0.395 e. The SMILES string of the molecule is CC(C)NCc1cnc(N(CCO)C2CC2)nc1. The summed E-state index contributed by atoms with van der Waals surface area (Å²) >= 11 is 0.